The fraction of sp³-hybridized carbons (Fsp3) is 0.200. The standard InChI is InChI=1S/C10H11N7/c1-16-7-12-14-9(16)6-11-10-13-8-4-2-3-5-17(8)15-10/h2-5,7H,6H2,1H3,(H,11,15). The molecule has 7 heteroatoms. The molecule has 0 unspecified atom stereocenters. The van der Waals surface area contributed by atoms with E-state index in [4.69, 9.17) is 0 Å². The lowest BCUT2D eigenvalue weighted by atomic mass is 10.5. The van der Waals surface area contributed by atoms with E-state index in [0.29, 0.717) is 12.5 Å². The Morgan fingerprint density at radius 2 is 2.29 bits per heavy atom. The van der Waals surface area contributed by atoms with Crippen LogP contribution in [-0.2, 0) is 13.6 Å². The summed E-state index contributed by atoms with van der Waals surface area (Å²) in [5.41, 5.74) is 0.813. The van der Waals surface area contributed by atoms with Crippen LogP contribution in [0.2, 0.25) is 0 Å². The van der Waals surface area contributed by atoms with Gasteiger partial charge in [-0.3, -0.25) is 0 Å². The minimum absolute atomic E-state index is 0.549. The molecule has 0 aliphatic rings. The van der Waals surface area contributed by atoms with Crippen LogP contribution in [0.1, 0.15) is 5.82 Å². The summed E-state index contributed by atoms with van der Waals surface area (Å²) in [7, 11) is 1.90. The van der Waals surface area contributed by atoms with Crippen LogP contribution in [0.3, 0.4) is 0 Å². The van der Waals surface area contributed by atoms with Crippen molar-refractivity contribution in [3.63, 3.8) is 0 Å². The smallest absolute Gasteiger partial charge is 0.243 e. The first-order valence-electron chi connectivity index (χ1n) is 5.21. The van der Waals surface area contributed by atoms with E-state index in [-0.39, 0.29) is 0 Å². The molecule has 3 aromatic heterocycles. The number of pyridine rings is 1. The monoisotopic (exact) mass is 229 g/mol. The second-order valence-electron chi connectivity index (χ2n) is 3.65. The van der Waals surface area contributed by atoms with Crippen LogP contribution >= 0.6 is 0 Å². The van der Waals surface area contributed by atoms with Crippen LogP contribution in [0.25, 0.3) is 5.65 Å². The number of anilines is 1. The molecule has 0 radical (unpaired) electrons. The highest BCUT2D eigenvalue weighted by atomic mass is 15.4. The molecule has 0 fully saturated rings. The van der Waals surface area contributed by atoms with Crippen LogP contribution in [0, 0.1) is 0 Å². The van der Waals surface area contributed by atoms with Gasteiger partial charge in [-0.15, -0.1) is 15.3 Å². The van der Waals surface area contributed by atoms with Crippen molar-refractivity contribution in [2.75, 3.05) is 5.32 Å². The minimum atomic E-state index is 0.549. The van der Waals surface area contributed by atoms with Gasteiger partial charge in [-0.25, -0.2) is 4.52 Å². The highest BCUT2D eigenvalue weighted by Gasteiger charge is 2.04. The predicted octanol–water partition coefficient (Wildman–Crippen LogP) is 0.470. The summed E-state index contributed by atoms with van der Waals surface area (Å²) >= 11 is 0. The number of hydrogen-bond acceptors (Lipinski definition) is 5. The van der Waals surface area contributed by atoms with E-state index in [2.05, 4.69) is 25.6 Å². The Hall–Kier alpha value is -2.44. The van der Waals surface area contributed by atoms with E-state index in [9.17, 15) is 0 Å². The van der Waals surface area contributed by atoms with Crippen molar-refractivity contribution in [1.29, 1.82) is 0 Å². The van der Waals surface area contributed by atoms with E-state index in [1.54, 1.807) is 10.8 Å². The van der Waals surface area contributed by atoms with Gasteiger partial charge in [0.1, 0.15) is 6.33 Å². The third-order valence-electron chi connectivity index (χ3n) is 2.45. The third-order valence-corrected chi connectivity index (χ3v) is 2.45. The highest BCUT2D eigenvalue weighted by molar-refractivity contribution is 5.42. The lowest BCUT2D eigenvalue weighted by molar-refractivity contribution is 0.806. The lowest BCUT2D eigenvalue weighted by Crippen LogP contribution is -2.06. The highest BCUT2D eigenvalue weighted by Crippen LogP contribution is 2.05. The molecule has 3 aromatic rings. The molecule has 0 saturated carbocycles. The Morgan fingerprint density at radius 3 is 3.06 bits per heavy atom. The molecule has 86 valence electrons. The SMILES string of the molecule is Cn1cnnc1CNc1nc2ccccn2n1. The van der Waals surface area contributed by atoms with E-state index in [1.807, 2.05) is 36.0 Å². The zero-order valence-electron chi connectivity index (χ0n) is 9.28. The summed E-state index contributed by atoms with van der Waals surface area (Å²) in [6.07, 6.45) is 3.52. The summed E-state index contributed by atoms with van der Waals surface area (Å²) in [6, 6.07) is 5.74. The molecule has 0 aromatic carbocycles. The zero-order valence-corrected chi connectivity index (χ0v) is 9.28. The fourth-order valence-corrected chi connectivity index (χ4v) is 1.53. The second kappa shape index (κ2) is 3.85. The van der Waals surface area contributed by atoms with E-state index < -0.39 is 0 Å². The van der Waals surface area contributed by atoms with Gasteiger partial charge in [0.2, 0.25) is 5.95 Å². The van der Waals surface area contributed by atoms with Crippen molar-refractivity contribution in [1.82, 2.24) is 29.4 Å². The molecule has 0 aliphatic carbocycles. The molecular formula is C10H11N7. The second-order valence-corrected chi connectivity index (χ2v) is 3.65. The van der Waals surface area contributed by atoms with Gasteiger partial charge in [-0.1, -0.05) is 6.07 Å². The Labute approximate surface area is 97.1 Å². The van der Waals surface area contributed by atoms with Gasteiger partial charge in [0.25, 0.3) is 0 Å². The quantitative estimate of drug-likeness (QED) is 0.706. The van der Waals surface area contributed by atoms with Crippen LogP contribution in [0.15, 0.2) is 30.7 Å². The fourth-order valence-electron chi connectivity index (χ4n) is 1.53. The molecular weight excluding hydrogens is 218 g/mol. The maximum atomic E-state index is 4.33. The van der Waals surface area contributed by atoms with Crippen molar-refractivity contribution >= 4 is 11.6 Å². The van der Waals surface area contributed by atoms with Crippen molar-refractivity contribution in [3.05, 3.63) is 36.5 Å². The summed E-state index contributed by atoms with van der Waals surface area (Å²) in [5, 5.41) is 15.2. The Morgan fingerprint density at radius 1 is 1.35 bits per heavy atom. The number of nitrogens with one attached hydrogen (secondary N) is 1. The van der Waals surface area contributed by atoms with Gasteiger partial charge in [0.15, 0.2) is 11.5 Å². The summed E-state index contributed by atoms with van der Waals surface area (Å²) in [5.74, 6) is 1.42. The van der Waals surface area contributed by atoms with Crippen LogP contribution < -0.4 is 5.32 Å². The molecule has 0 bridgehead atoms. The number of nitrogens with zero attached hydrogens (tertiary/aromatic N) is 6. The molecule has 3 heterocycles. The first-order chi connectivity index (χ1) is 8.33. The Kier molecular flexibility index (Phi) is 2.21. The van der Waals surface area contributed by atoms with Crippen LogP contribution in [0.5, 0.6) is 0 Å². The summed E-state index contributed by atoms with van der Waals surface area (Å²) in [6.45, 7) is 0.549. The molecule has 1 N–H and O–H groups in total. The number of rotatable bonds is 3. The van der Waals surface area contributed by atoms with Crippen LogP contribution in [-0.4, -0.2) is 29.4 Å². The number of fused-ring (bicyclic) bond motifs is 1. The zero-order chi connectivity index (χ0) is 11.7. The van der Waals surface area contributed by atoms with Crippen molar-refractivity contribution in [2.24, 2.45) is 7.05 Å². The molecule has 0 atom stereocenters. The normalized spacial score (nSPS) is 10.9. The van der Waals surface area contributed by atoms with E-state index in [1.165, 1.54) is 0 Å². The average Bonchev–Trinajstić information content (AvgIpc) is 2.92. The Bertz CT molecular complexity index is 606. The summed E-state index contributed by atoms with van der Waals surface area (Å²) < 4.78 is 3.57. The molecule has 0 saturated heterocycles. The largest absolute Gasteiger partial charge is 0.346 e. The third kappa shape index (κ3) is 1.82. The van der Waals surface area contributed by atoms with Gasteiger partial charge in [-0.05, 0) is 12.1 Å². The molecule has 0 spiro atoms. The van der Waals surface area contributed by atoms with Gasteiger partial charge >= 0.3 is 0 Å². The molecule has 7 nitrogen and oxygen atoms in total. The van der Waals surface area contributed by atoms with Gasteiger partial charge in [-0.2, -0.15) is 4.98 Å². The first-order valence-corrected chi connectivity index (χ1v) is 5.21. The van der Waals surface area contributed by atoms with Crippen molar-refractivity contribution in [3.8, 4) is 0 Å². The maximum Gasteiger partial charge on any atom is 0.243 e. The van der Waals surface area contributed by atoms with Crippen molar-refractivity contribution < 1.29 is 0 Å². The number of aryl methyl sites for hydroxylation is 1. The average molecular weight is 229 g/mol. The van der Waals surface area contributed by atoms with Gasteiger partial charge in [0, 0.05) is 13.2 Å². The molecule has 3 rings (SSSR count). The summed E-state index contributed by atoms with van der Waals surface area (Å²) in [4.78, 5) is 4.33. The molecule has 0 amide bonds. The molecule has 0 aliphatic heterocycles. The topological polar surface area (TPSA) is 72.9 Å². The van der Waals surface area contributed by atoms with Crippen LogP contribution in [0.4, 0.5) is 5.95 Å². The Balaban J connectivity index is 1.79. The molecule has 17 heavy (non-hydrogen) atoms. The lowest BCUT2D eigenvalue weighted by Gasteiger charge is -1.99. The van der Waals surface area contributed by atoms with Gasteiger partial charge < -0.3 is 9.88 Å². The maximum absolute atomic E-state index is 4.33. The number of hydrogen-bond donors (Lipinski definition) is 1. The van der Waals surface area contributed by atoms with E-state index >= 15 is 0 Å². The van der Waals surface area contributed by atoms with Crippen molar-refractivity contribution in [2.45, 2.75) is 6.54 Å². The van der Waals surface area contributed by atoms with E-state index in [0.717, 1.165) is 11.5 Å². The van der Waals surface area contributed by atoms with Gasteiger partial charge in [0.05, 0.1) is 6.54 Å². The number of aromatic nitrogens is 6. The first kappa shape index (κ1) is 9.76. The predicted molar refractivity (Wildman–Crippen MR) is 61.3 cm³/mol. The minimum Gasteiger partial charge on any atom is -0.346 e.